The number of anilines is 1. The van der Waals surface area contributed by atoms with E-state index in [9.17, 15) is 4.79 Å². The molecular formula is C13H20N4O. The number of nitrogens with zero attached hydrogens (tertiary/aromatic N) is 2. The van der Waals surface area contributed by atoms with Crippen LogP contribution in [0.15, 0.2) is 24.4 Å². The van der Waals surface area contributed by atoms with Crippen LogP contribution in [-0.2, 0) is 4.79 Å². The maximum atomic E-state index is 10.7. The van der Waals surface area contributed by atoms with Crippen molar-refractivity contribution >= 4 is 11.7 Å². The zero-order chi connectivity index (χ0) is 12.8. The number of amides is 1. The normalized spacial score (nSPS) is 19.9. The van der Waals surface area contributed by atoms with Crippen LogP contribution in [0.1, 0.15) is 12.8 Å². The Hall–Kier alpha value is -1.62. The van der Waals surface area contributed by atoms with Crippen LogP contribution in [0, 0.1) is 5.92 Å². The number of hydrogen-bond donors (Lipinski definition) is 2. The quantitative estimate of drug-likeness (QED) is 0.777. The summed E-state index contributed by atoms with van der Waals surface area (Å²) in [5.74, 6) is 1.33. The number of primary amides is 1. The first-order valence-electron chi connectivity index (χ1n) is 6.39. The molecule has 0 radical (unpaired) electrons. The maximum Gasteiger partial charge on any atom is 0.218 e. The Morgan fingerprint density at radius 2 is 2.44 bits per heavy atom. The number of hydrogen-bond acceptors (Lipinski definition) is 4. The second-order valence-electron chi connectivity index (χ2n) is 4.77. The lowest BCUT2D eigenvalue weighted by Gasteiger charge is -2.15. The molecule has 0 bridgehead atoms. The Morgan fingerprint density at radius 1 is 1.56 bits per heavy atom. The van der Waals surface area contributed by atoms with Crippen LogP contribution in [0.2, 0.25) is 0 Å². The minimum absolute atomic E-state index is 0.218. The number of rotatable bonds is 6. The summed E-state index contributed by atoms with van der Waals surface area (Å²) in [5, 5.41) is 3.34. The third-order valence-corrected chi connectivity index (χ3v) is 3.28. The maximum absolute atomic E-state index is 10.7. The molecule has 2 rings (SSSR count). The van der Waals surface area contributed by atoms with Crippen molar-refractivity contribution in [2.75, 3.05) is 31.5 Å². The van der Waals surface area contributed by atoms with E-state index in [1.807, 2.05) is 18.2 Å². The lowest BCUT2D eigenvalue weighted by Crippen LogP contribution is -2.27. The van der Waals surface area contributed by atoms with Gasteiger partial charge in [-0.25, -0.2) is 4.98 Å². The van der Waals surface area contributed by atoms with Crippen LogP contribution in [-0.4, -0.2) is 42.0 Å². The highest BCUT2D eigenvalue weighted by Gasteiger charge is 2.22. The molecule has 0 spiro atoms. The molecule has 1 saturated heterocycles. The van der Waals surface area contributed by atoms with E-state index in [0.717, 1.165) is 32.0 Å². The standard InChI is InChI=1S/C13H20N4O/c14-12(18)5-8-17-7-4-11(10-17)9-16-13-3-1-2-6-15-13/h1-3,6,11H,4-5,7-10H2,(H2,14,18)(H,15,16)/t11-/m0/s1. The predicted molar refractivity (Wildman–Crippen MR) is 71.1 cm³/mol. The van der Waals surface area contributed by atoms with Gasteiger partial charge in [0.1, 0.15) is 5.82 Å². The van der Waals surface area contributed by atoms with E-state index in [0.29, 0.717) is 12.3 Å². The van der Waals surface area contributed by atoms with Gasteiger partial charge < -0.3 is 16.0 Å². The molecule has 1 amide bonds. The van der Waals surface area contributed by atoms with Gasteiger partial charge in [-0.05, 0) is 31.0 Å². The number of nitrogens with two attached hydrogens (primary N) is 1. The molecule has 1 aliphatic heterocycles. The first-order valence-corrected chi connectivity index (χ1v) is 6.39. The zero-order valence-electron chi connectivity index (χ0n) is 10.5. The van der Waals surface area contributed by atoms with Crippen molar-refractivity contribution in [1.82, 2.24) is 9.88 Å². The van der Waals surface area contributed by atoms with E-state index < -0.39 is 0 Å². The highest BCUT2D eigenvalue weighted by molar-refractivity contribution is 5.73. The predicted octanol–water partition coefficient (Wildman–Crippen LogP) is 0.691. The van der Waals surface area contributed by atoms with E-state index in [-0.39, 0.29) is 5.91 Å². The monoisotopic (exact) mass is 248 g/mol. The van der Waals surface area contributed by atoms with Gasteiger partial charge in [-0.3, -0.25) is 4.79 Å². The zero-order valence-corrected chi connectivity index (χ0v) is 10.5. The number of carbonyl (C=O) groups is 1. The van der Waals surface area contributed by atoms with Gasteiger partial charge in [0.15, 0.2) is 0 Å². The Kier molecular flexibility index (Phi) is 4.52. The Morgan fingerprint density at radius 3 is 3.17 bits per heavy atom. The molecule has 5 heteroatoms. The largest absolute Gasteiger partial charge is 0.370 e. The molecule has 5 nitrogen and oxygen atoms in total. The highest BCUT2D eigenvalue weighted by Crippen LogP contribution is 2.16. The molecule has 0 aromatic carbocycles. The van der Waals surface area contributed by atoms with E-state index >= 15 is 0 Å². The van der Waals surface area contributed by atoms with E-state index in [2.05, 4.69) is 15.2 Å². The van der Waals surface area contributed by atoms with Crippen LogP contribution >= 0.6 is 0 Å². The summed E-state index contributed by atoms with van der Waals surface area (Å²) in [7, 11) is 0. The molecule has 1 aliphatic rings. The number of carbonyl (C=O) groups excluding carboxylic acids is 1. The van der Waals surface area contributed by atoms with Gasteiger partial charge >= 0.3 is 0 Å². The van der Waals surface area contributed by atoms with Gasteiger partial charge in [0.2, 0.25) is 5.91 Å². The van der Waals surface area contributed by atoms with Gasteiger partial charge in [0.05, 0.1) is 0 Å². The Labute approximate surface area is 107 Å². The molecule has 0 aliphatic carbocycles. The van der Waals surface area contributed by atoms with Gasteiger partial charge in [-0.15, -0.1) is 0 Å². The van der Waals surface area contributed by atoms with Crippen LogP contribution in [0.4, 0.5) is 5.82 Å². The van der Waals surface area contributed by atoms with Crippen molar-refractivity contribution in [3.63, 3.8) is 0 Å². The van der Waals surface area contributed by atoms with Crippen molar-refractivity contribution in [2.24, 2.45) is 11.7 Å². The van der Waals surface area contributed by atoms with Crippen LogP contribution in [0.3, 0.4) is 0 Å². The molecule has 2 heterocycles. The molecule has 3 N–H and O–H groups in total. The average Bonchev–Trinajstić information content (AvgIpc) is 2.83. The first-order chi connectivity index (χ1) is 8.74. The topological polar surface area (TPSA) is 71.2 Å². The lowest BCUT2D eigenvalue weighted by molar-refractivity contribution is -0.118. The molecule has 1 atom stereocenters. The van der Waals surface area contributed by atoms with E-state index in [1.54, 1.807) is 6.20 Å². The fraction of sp³-hybridized carbons (Fsp3) is 0.538. The summed E-state index contributed by atoms with van der Waals surface area (Å²) < 4.78 is 0. The summed E-state index contributed by atoms with van der Waals surface area (Å²) in [5.41, 5.74) is 5.15. The third kappa shape index (κ3) is 4.00. The van der Waals surface area contributed by atoms with Crippen molar-refractivity contribution in [3.05, 3.63) is 24.4 Å². The van der Waals surface area contributed by atoms with E-state index in [1.165, 1.54) is 6.42 Å². The molecule has 1 aromatic heterocycles. The smallest absolute Gasteiger partial charge is 0.218 e. The SMILES string of the molecule is NC(=O)CCN1CC[C@@H](CNc2ccccn2)C1. The van der Waals surface area contributed by atoms with Gasteiger partial charge in [-0.1, -0.05) is 6.07 Å². The first kappa shape index (κ1) is 12.8. The molecule has 18 heavy (non-hydrogen) atoms. The molecule has 1 fully saturated rings. The highest BCUT2D eigenvalue weighted by atomic mass is 16.1. The molecule has 0 saturated carbocycles. The van der Waals surface area contributed by atoms with Gasteiger partial charge in [-0.2, -0.15) is 0 Å². The summed E-state index contributed by atoms with van der Waals surface area (Å²) in [6.07, 6.45) is 3.41. The minimum atomic E-state index is -0.218. The number of nitrogens with one attached hydrogen (secondary N) is 1. The molecule has 0 unspecified atom stereocenters. The number of aromatic nitrogens is 1. The second-order valence-corrected chi connectivity index (χ2v) is 4.77. The summed E-state index contributed by atoms with van der Waals surface area (Å²) in [6, 6.07) is 5.86. The minimum Gasteiger partial charge on any atom is -0.370 e. The van der Waals surface area contributed by atoms with Crippen molar-refractivity contribution < 1.29 is 4.79 Å². The third-order valence-electron chi connectivity index (χ3n) is 3.28. The summed E-state index contributed by atoms with van der Waals surface area (Å²) in [6.45, 7) is 3.81. The molecular weight excluding hydrogens is 228 g/mol. The molecule has 98 valence electrons. The van der Waals surface area contributed by atoms with Crippen LogP contribution in [0.25, 0.3) is 0 Å². The average molecular weight is 248 g/mol. The Balaban J connectivity index is 1.68. The Bertz CT molecular complexity index is 382. The number of pyridine rings is 1. The van der Waals surface area contributed by atoms with Crippen molar-refractivity contribution in [1.29, 1.82) is 0 Å². The van der Waals surface area contributed by atoms with Crippen molar-refractivity contribution in [3.8, 4) is 0 Å². The summed E-state index contributed by atoms with van der Waals surface area (Å²) >= 11 is 0. The van der Waals surface area contributed by atoms with Gasteiger partial charge in [0.25, 0.3) is 0 Å². The van der Waals surface area contributed by atoms with E-state index in [4.69, 9.17) is 5.73 Å². The number of likely N-dealkylation sites (tertiary alicyclic amines) is 1. The fourth-order valence-corrected chi connectivity index (χ4v) is 2.27. The second kappa shape index (κ2) is 6.35. The molecule has 1 aromatic rings. The van der Waals surface area contributed by atoms with Crippen LogP contribution in [0.5, 0.6) is 0 Å². The fourth-order valence-electron chi connectivity index (χ4n) is 2.27. The van der Waals surface area contributed by atoms with Gasteiger partial charge in [0, 0.05) is 32.3 Å². The summed E-state index contributed by atoms with van der Waals surface area (Å²) in [4.78, 5) is 17.3. The lowest BCUT2D eigenvalue weighted by atomic mass is 10.1. The van der Waals surface area contributed by atoms with Crippen LogP contribution < -0.4 is 11.1 Å². The van der Waals surface area contributed by atoms with Crippen molar-refractivity contribution in [2.45, 2.75) is 12.8 Å².